The second-order valence-corrected chi connectivity index (χ2v) is 10.7. The topological polar surface area (TPSA) is 89.9 Å². The Kier molecular flexibility index (Phi) is 6.31. The Bertz CT molecular complexity index is 978. The Morgan fingerprint density at radius 2 is 1.80 bits per heavy atom. The first kappa shape index (κ1) is 21.1. The number of piperidine rings is 2. The van der Waals surface area contributed by atoms with Gasteiger partial charge in [0, 0.05) is 19.1 Å². The summed E-state index contributed by atoms with van der Waals surface area (Å²) in [6.07, 6.45) is 5.91. The number of carboxylic acids is 1. The van der Waals surface area contributed by atoms with E-state index in [1.165, 1.54) is 50.6 Å². The highest BCUT2D eigenvalue weighted by Gasteiger charge is 2.28. The molecule has 0 spiro atoms. The molecule has 2 saturated heterocycles. The molecule has 162 valence electrons. The van der Waals surface area contributed by atoms with Crippen LogP contribution in [0.15, 0.2) is 39.9 Å². The van der Waals surface area contributed by atoms with Crippen molar-refractivity contribution >= 4 is 38.7 Å². The molecule has 4 rings (SSSR count). The molecule has 0 amide bonds. The van der Waals surface area contributed by atoms with Gasteiger partial charge in [0.05, 0.1) is 16.9 Å². The van der Waals surface area contributed by atoms with Gasteiger partial charge in [-0.2, -0.15) is 0 Å². The summed E-state index contributed by atoms with van der Waals surface area (Å²) >= 11 is 1.13. The molecular weight excluding hydrogens is 422 g/mol. The summed E-state index contributed by atoms with van der Waals surface area (Å²) < 4.78 is 28.4. The van der Waals surface area contributed by atoms with Gasteiger partial charge in [0.1, 0.15) is 4.21 Å². The van der Waals surface area contributed by atoms with E-state index in [0.29, 0.717) is 11.7 Å². The van der Waals surface area contributed by atoms with E-state index in [-0.39, 0.29) is 9.77 Å². The molecule has 0 radical (unpaired) electrons. The molecule has 2 fully saturated rings. The predicted octanol–water partition coefficient (Wildman–Crippen LogP) is 3.70. The van der Waals surface area contributed by atoms with Crippen LogP contribution in [0.4, 0.5) is 11.4 Å². The molecule has 1 aromatic carbocycles. The van der Waals surface area contributed by atoms with Crippen LogP contribution in [-0.4, -0.2) is 56.6 Å². The third-order valence-corrected chi connectivity index (χ3v) is 8.72. The lowest BCUT2D eigenvalue weighted by atomic mass is 9.99. The molecule has 2 aliphatic heterocycles. The lowest BCUT2D eigenvalue weighted by Crippen LogP contribution is -2.46. The molecule has 2 N–H and O–H groups in total. The molecule has 2 aromatic rings. The van der Waals surface area contributed by atoms with Gasteiger partial charge in [0.25, 0.3) is 10.0 Å². The van der Waals surface area contributed by atoms with Crippen molar-refractivity contribution in [1.29, 1.82) is 0 Å². The van der Waals surface area contributed by atoms with Crippen molar-refractivity contribution in [3.63, 3.8) is 0 Å². The van der Waals surface area contributed by atoms with Crippen molar-refractivity contribution in [2.45, 2.75) is 42.4 Å². The molecular formula is C21H27N3O4S2. The molecule has 0 unspecified atom stereocenters. The van der Waals surface area contributed by atoms with Crippen LogP contribution in [0.2, 0.25) is 0 Å². The molecule has 1 aromatic heterocycles. The minimum atomic E-state index is -3.76. The normalized spacial score (nSPS) is 19.0. The second-order valence-electron chi connectivity index (χ2n) is 7.89. The molecule has 7 nitrogen and oxygen atoms in total. The van der Waals surface area contributed by atoms with Crippen LogP contribution in [0.1, 0.15) is 42.5 Å². The maximum Gasteiger partial charge on any atom is 0.335 e. The largest absolute Gasteiger partial charge is 0.478 e. The first-order valence-corrected chi connectivity index (χ1v) is 12.7. The van der Waals surface area contributed by atoms with Crippen molar-refractivity contribution < 1.29 is 18.3 Å². The highest BCUT2D eigenvalue weighted by atomic mass is 32.2. The molecule has 0 saturated carbocycles. The Morgan fingerprint density at radius 1 is 1.07 bits per heavy atom. The van der Waals surface area contributed by atoms with Crippen molar-refractivity contribution in [3.8, 4) is 0 Å². The molecule has 0 atom stereocenters. The number of nitrogens with one attached hydrogen (secondary N) is 1. The third kappa shape index (κ3) is 4.63. The van der Waals surface area contributed by atoms with Gasteiger partial charge in [0.2, 0.25) is 0 Å². The molecule has 2 aliphatic rings. The lowest BCUT2D eigenvalue weighted by molar-refractivity contribution is 0.0697. The monoisotopic (exact) mass is 449 g/mol. The van der Waals surface area contributed by atoms with Crippen LogP contribution in [-0.2, 0) is 10.0 Å². The molecule has 30 heavy (non-hydrogen) atoms. The van der Waals surface area contributed by atoms with Gasteiger partial charge < -0.3 is 14.9 Å². The van der Waals surface area contributed by atoms with E-state index in [9.17, 15) is 18.3 Å². The number of thiophene rings is 1. The molecule has 0 aliphatic carbocycles. The van der Waals surface area contributed by atoms with E-state index in [1.807, 2.05) is 0 Å². The van der Waals surface area contributed by atoms with Crippen LogP contribution in [0.5, 0.6) is 0 Å². The van der Waals surface area contributed by atoms with Crippen LogP contribution < -0.4 is 9.62 Å². The number of anilines is 2. The van der Waals surface area contributed by atoms with E-state index in [1.54, 1.807) is 17.5 Å². The minimum Gasteiger partial charge on any atom is -0.478 e. The van der Waals surface area contributed by atoms with Gasteiger partial charge >= 0.3 is 5.97 Å². The van der Waals surface area contributed by atoms with E-state index in [2.05, 4.69) is 14.5 Å². The second kappa shape index (κ2) is 8.95. The lowest BCUT2D eigenvalue weighted by Gasteiger charge is -2.41. The number of nitrogens with zero attached hydrogens (tertiary/aromatic N) is 2. The number of hydrogen-bond donors (Lipinski definition) is 2. The number of likely N-dealkylation sites (tertiary alicyclic amines) is 1. The van der Waals surface area contributed by atoms with Crippen LogP contribution in [0.25, 0.3) is 0 Å². The van der Waals surface area contributed by atoms with Gasteiger partial charge in [0.15, 0.2) is 0 Å². The summed E-state index contributed by atoms with van der Waals surface area (Å²) in [6, 6.07) is 8.47. The maximum absolute atomic E-state index is 12.8. The fraction of sp³-hybridized carbons (Fsp3) is 0.476. The average Bonchev–Trinajstić information content (AvgIpc) is 3.30. The number of rotatable bonds is 6. The summed E-state index contributed by atoms with van der Waals surface area (Å²) in [6.45, 7) is 3.98. The van der Waals surface area contributed by atoms with Gasteiger partial charge in [-0.3, -0.25) is 4.72 Å². The van der Waals surface area contributed by atoms with Gasteiger partial charge in [-0.05, 0) is 68.4 Å². The zero-order valence-corrected chi connectivity index (χ0v) is 18.4. The summed E-state index contributed by atoms with van der Waals surface area (Å²) in [5, 5.41) is 11.1. The standard InChI is InChI=1S/C21H27N3O4S2/c25-21(26)16-6-7-19(18(15-16)22-30(27,28)20-5-4-14-29-20)24-12-8-17(9-13-24)23-10-2-1-3-11-23/h4-7,14-15,17,22H,1-3,8-13H2,(H,25,26). The average molecular weight is 450 g/mol. The van der Waals surface area contributed by atoms with E-state index < -0.39 is 16.0 Å². The number of benzene rings is 1. The number of hydrogen-bond acceptors (Lipinski definition) is 6. The maximum atomic E-state index is 12.8. The number of aromatic carboxylic acids is 1. The van der Waals surface area contributed by atoms with E-state index in [0.717, 1.165) is 43.0 Å². The molecule has 9 heteroatoms. The zero-order valence-electron chi connectivity index (χ0n) is 16.8. The Labute approximate surface area is 181 Å². The Hall–Kier alpha value is -2.10. The molecule has 0 bridgehead atoms. The van der Waals surface area contributed by atoms with E-state index in [4.69, 9.17) is 0 Å². The first-order chi connectivity index (χ1) is 14.4. The number of sulfonamides is 1. The van der Waals surface area contributed by atoms with Crippen LogP contribution >= 0.6 is 11.3 Å². The summed E-state index contributed by atoms with van der Waals surface area (Å²) in [5.41, 5.74) is 1.11. The zero-order chi connectivity index (χ0) is 21.1. The SMILES string of the molecule is O=C(O)c1ccc(N2CCC(N3CCCCC3)CC2)c(NS(=O)(=O)c2cccs2)c1. The quantitative estimate of drug-likeness (QED) is 0.699. The summed E-state index contributed by atoms with van der Waals surface area (Å²) in [4.78, 5) is 16.2. The minimum absolute atomic E-state index is 0.0610. The Morgan fingerprint density at radius 3 is 2.43 bits per heavy atom. The summed E-state index contributed by atoms with van der Waals surface area (Å²) in [7, 11) is -3.76. The fourth-order valence-corrected chi connectivity index (χ4v) is 6.45. The summed E-state index contributed by atoms with van der Waals surface area (Å²) in [5.74, 6) is -1.08. The van der Waals surface area contributed by atoms with Crippen molar-refractivity contribution in [1.82, 2.24) is 4.90 Å². The fourth-order valence-electron chi connectivity index (χ4n) is 4.39. The van der Waals surface area contributed by atoms with Crippen molar-refractivity contribution in [2.75, 3.05) is 35.8 Å². The Balaban J connectivity index is 1.55. The van der Waals surface area contributed by atoms with Crippen molar-refractivity contribution in [2.24, 2.45) is 0 Å². The van der Waals surface area contributed by atoms with Gasteiger partial charge in [-0.15, -0.1) is 11.3 Å². The third-order valence-electron chi connectivity index (χ3n) is 5.96. The van der Waals surface area contributed by atoms with Crippen LogP contribution in [0.3, 0.4) is 0 Å². The highest BCUT2D eigenvalue weighted by Crippen LogP contribution is 2.33. The van der Waals surface area contributed by atoms with Crippen molar-refractivity contribution in [3.05, 3.63) is 41.3 Å². The van der Waals surface area contributed by atoms with Crippen LogP contribution in [0, 0.1) is 0 Å². The van der Waals surface area contributed by atoms with Gasteiger partial charge in [-0.25, -0.2) is 13.2 Å². The number of carboxylic acid groups (broad SMARTS) is 1. The highest BCUT2D eigenvalue weighted by molar-refractivity contribution is 7.94. The van der Waals surface area contributed by atoms with E-state index >= 15 is 0 Å². The number of carbonyl (C=O) groups is 1. The van der Waals surface area contributed by atoms with Gasteiger partial charge in [-0.1, -0.05) is 12.5 Å². The molecule has 3 heterocycles. The first-order valence-electron chi connectivity index (χ1n) is 10.4. The smallest absolute Gasteiger partial charge is 0.335 e. The predicted molar refractivity (Wildman–Crippen MR) is 119 cm³/mol.